The first-order chi connectivity index (χ1) is 8.97. The van der Waals surface area contributed by atoms with Crippen LogP contribution in [0.15, 0.2) is 4.99 Å². The normalized spacial score (nSPS) is 22.1. The van der Waals surface area contributed by atoms with Crippen LogP contribution >= 0.6 is 0 Å². The summed E-state index contributed by atoms with van der Waals surface area (Å²) in [6.45, 7) is 9.15. The average molecular weight is 268 g/mol. The topological polar surface area (TPSA) is 51.1 Å². The van der Waals surface area contributed by atoms with Gasteiger partial charge in [0.2, 0.25) is 0 Å². The van der Waals surface area contributed by atoms with Gasteiger partial charge in [-0.25, -0.2) is 4.79 Å². The molecule has 0 bridgehead atoms. The number of carbonyl (C=O) groups is 1. The van der Waals surface area contributed by atoms with Crippen molar-refractivity contribution >= 4 is 11.9 Å². The molecule has 0 N–H and O–H groups in total. The molecular weight excluding hydrogens is 244 g/mol. The van der Waals surface area contributed by atoms with Crippen molar-refractivity contribution in [2.24, 2.45) is 10.4 Å². The molecule has 1 saturated heterocycles. The summed E-state index contributed by atoms with van der Waals surface area (Å²) in [6.07, 6.45) is 2.74. The van der Waals surface area contributed by atoms with E-state index in [0.717, 1.165) is 38.2 Å². The Morgan fingerprint density at radius 2 is 1.89 bits per heavy atom. The number of rotatable bonds is 1. The molecule has 0 radical (unpaired) electrons. The van der Waals surface area contributed by atoms with Gasteiger partial charge in [0.1, 0.15) is 11.9 Å². The summed E-state index contributed by atoms with van der Waals surface area (Å²) < 4.78 is 10.7. The zero-order chi connectivity index (χ0) is 13.9. The van der Waals surface area contributed by atoms with Crippen LogP contribution in [0.2, 0.25) is 0 Å². The highest BCUT2D eigenvalue weighted by Crippen LogP contribution is 2.24. The molecule has 0 spiro atoms. The molecule has 108 valence electrons. The summed E-state index contributed by atoms with van der Waals surface area (Å²) in [7, 11) is 0. The van der Waals surface area contributed by atoms with Gasteiger partial charge in [0.15, 0.2) is 0 Å². The number of hydrogen-bond donors (Lipinski definition) is 0. The van der Waals surface area contributed by atoms with Crippen LogP contribution in [0.3, 0.4) is 0 Å². The Kier molecular flexibility index (Phi) is 4.45. The summed E-state index contributed by atoms with van der Waals surface area (Å²) in [5.74, 6) is 0.806. The molecule has 0 aromatic heterocycles. The van der Waals surface area contributed by atoms with Crippen LogP contribution in [0.5, 0.6) is 0 Å². The molecule has 2 fully saturated rings. The van der Waals surface area contributed by atoms with Crippen molar-refractivity contribution in [3.8, 4) is 0 Å². The van der Waals surface area contributed by atoms with Gasteiger partial charge in [-0.05, 0) is 19.3 Å². The Balaban J connectivity index is 2.04. The van der Waals surface area contributed by atoms with Crippen molar-refractivity contribution in [1.82, 2.24) is 4.90 Å². The molecule has 0 atom stereocenters. The maximum absolute atomic E-state index is 11.9. The molecule has 0 aromatic carbocycles. The molecular formula is C14H24N2O3. The van der Waals surface area contributed by atoms with E-state index < -0.39 is 6.09 Å². The third-order valence-corrected chi connectivity index (χ3v) is 3.50. The summed E-state index contributed by atoms with van der Waals surface area (Å²) in [5, 5.41) is 0. The van der Waals surface area contributed by atoms with Crippen LogP contribution in [0.4, 0.5) is 4.79 Å². The van der Waals surface area contributed by atoms with E-state index in [9.17, 15) is 4.79 Å². The SMILES string of the molecule is CC(C)(C)/C(=N/C(=O)OC1CCC1)N1CCOCC1. The lowest BCUT2D eigenvalue weighted by atomic mass is 9.93. The van der Waals surface area contributed by atoms with E-state index in [1.165, 1.54) is 0 Å². The molecule has 1 heterocycles. The molecule has 5 heteroatoms. The zero-order valence-electron chi connectivity index (χ0n) is 12.1. The van der Waals surface area contributed by atoms with Crippen LogP contribution in [0.1, 0.15) is 40.0 Å². The molecule has 0 aromatic rings. The number of amides is 1. The second-order valence-electron chi connectivity index (χ2n) is 6.22. The van der Waals surface area contributed by atoms with Crippen molar-refractivity contribution in [2.45, 2.75) is 46.1 Å². The first-order valence-electron chi connectivity index (χ1n) is 7.09. The van der Waals surface area contributed by atoms with E-state index in [1.807, 2.05) is 0 Å². The average Bonchev–Trinajstić information content (AvgIpc) is 2.30. The Morgan fingerprint density at radius 1 is 1.26 bits per heavy atom. The lowest BCUT2D eigenvalue weighted by molar-refractivity contribution is 0.0557. The van der Waals surface area contributed by atoms with Crippen molar-refractivity contribution in [2.75, 3.05) is 26.3 Å². The van der Waals surface area contributed by atoms with E-state index in [1.54, 1.807) is 0 Å². The van der Waals surface area contributed by atoms with Crippen molar-refractivity contribution in [3.63, 3.8) is 0 Å². The predicted octanol–water partition coefficient (Wildman–Crippen LogP) is 2.45. The Bertz CT molecular complexity index is 350. The van der Waals surface area contributed by atoms with Gasteiger partial charge in [-0.2, -0.15) is 4.99 Å². The fourth-order valence-corrected chi connectivity index (χ4v) is 2.23. The van der Waals surface area contributed by atoms with Crippen LogP contribution in [0, 0.1) is 5.41 Å². The monoisotopic (exact) mass is 268 g/mol. The summed E-state index contributed by atoms with van der Waals surface area (Å²) >= 11 is 0. The Labute approximate surface area is 115 Å². The number of ether oxygens (including phenoxy) is 2. The minimum atomic E-state index is -0.443. The molecule has 1 aliphatic heterocycles. The molecule has 1 saturated carbocycles. The second-order valence-corrected chi connectivity index (χ2v) is 6.22. The highest BCUT2D eigenvalue weighted by molar-refractivity contribution is 5.95. The van der Waals surface area contributed by atoms with Crippen molar-refractivity contribution in [1.29, 1.82) is 0 Å². The number of amidine groups is 1. The fraction of sp³-hybridized carbons (Fsp3) is 0.857. The van der Waals surface area contributed by atoms with Crippen molar-refractivity contribution in [3.05, 3.63) is 0 Å². The summed E-state index contributed by atoms with van der Waals surface area (Å²) in [5.41, 5.74) is -0.171. The largest absolute Gasteiger partial charge is 0.445 e. The van der Waals surface area contributed by atoms with Gasteiger partial charge >= 0.3 is 6.09 Å². The quantitative estimate of drug-likeness (QED) is 0.541. The van der Waals surface area contributed by atoms with Gasteiger partial charge in [-0.3, -0.25) is 0 Å². The minimum absolute atomic E-state index is 0.0853. The number of morpholine rings is 1. The number of carbonyl (C=O) groups excluding carboxylic acids is 1. The molecule has 19 heavy (non-hydrogen) atoms. The smallest absolute Gasteiger partial charge is 0.435 e. The van der Waals surface area contributed by atoms with Crippen LogP contribution < -0.4 is 0 Å². The molecule has 2 rings (SSSR count). The summed E-state index contributed by atoms with van der Waals surface area (Å²) in [4.78, 5) is 18.2. The third kappa shape index (κ3) is 3.93. The van der Waals surface area contributed by atoms with Gasteiger partial charge in [0.05, 0.1) is 13.2 Å². The molecule has 0 unspecified atom stereocenters. The van der Waals surface area contributed by atoms with Crippen LogP contribution in [0.25, 0.3) is 0 Å². The first kappa shape index (κ1) is 14.3. The predicted molar refractivity (Wildman–Crippen MR) is 73.4 cm³/mol. The van der Waals surface area contributed by atoms with Gasteiger partial charge in [-0.1, -0.05) is 20.8 Å². The zero-order valence-corrected chi connectivity index (χ0v) is 12.1. The Morgan fingerprint density at radius 3 is 2.37 bits per heavy atom. The van der Waals surface area contributed by atoms with Gasteiger partial charge < -0.3 is 14.4 Å². The Hall–Kier alpha value is -1.10. The van der Waals surface area contributed by atoms with Gasteiger partial charge in [0, 0.05) is 18.5 Å². The van der Waals surface area contributed by atoms with Crippen molar-refractivity contribution < 1.29 is 14.3 Å². The number of aliphatic imine (C=N–C) groups is 1. The van der Waals surface area contributed by atoms with Gasteiger partial charge in [0.25, 0.3) is 0 Å². The maximum atomic E-state index is 11.9. The molecule has 1 aliphatic carbocycles. The van der Waals surface area contributed by atoms with E-state index >= 15 is 0 Å². The molecule has 5 nitrogen and oxygen atoms in total. The van der Waals surface area contributed by atoms with Crippen LogP contribution in [-0.4, -0.2) is 49.2 Å². The minimum Gasteiger partial charge on any atom is -0.445 e. The number of nitrogens with zero attached hydrogens (tertiary/aromatic N) is 2. The van der Waals surface area contributed by atoms with E-state index in [4.69, 9.17) is 9.47 Å². The van der Waals surface area contributed by atoms with E-state index in [0.29, 0.717) is 13.2 Å². The molecule has 2 aliphatic rings. The maximum Gasteiger partial charge on any atom is 0.435 e. The summed E-state index contributed by atoms with van der Waals surface area (Å²) in [6, 6.07) is 0. The lowest BCUT2D eigenvalue weighted by Gasteiger charge is -2.36. The molecule has 1 amide bonds. The fourth-order valence-electron chi connectivity index (χ4n) is 2.23. The standard InChI is InChI=1S/C14H24N2O3/c1-14(2,3)12(16-7-9-18-10-8-16)15-13(17)19-11-5-4-6-11/h11H,4-10H2,1-3H3/b15-12-. The highest BCUT2D eigenvalue weighted by Gasteiger charge is 2.29. The van der Waals surface area contributed by atoms with Gasteiger partial charge in [-0.15, -0.1) is 0 Å². The third-order valence-electron chi connectivity index (χ3n) is 3.50. The van der Waals surface area contributed by atoms with Crippen LogP contribution in [-0.2, 0) is 9.47 Å². The first-order valence-corrected chi connectivity index (χ1v) is 7.09. The number of hydrogen-bond acceptors (Lipinski definition) is 3. The van der Waals surface area contributed by atoms with E-state index in [-0.39, 0.29) is 11.5 Å². The second kappa shape index (κ2) is 5.90. The highest BCUT2D eigenvalue weighted by atomic mass is 16.6. The van der Waals surface area contributed by atoms with E-state index in [2.05, 4.69) is 30.7 Å². The lowest BCUT2D eigenvalue weighted by Crippen LogP contribution is -2.46.